The molecule has 10 aromatic rings. The van der Waals surface area contributed by atoms with Crippen LogP contribution in [0.1, 0.15) is 25.0 Å². The predicted molar refractivity (Wildman–Crippen MR) is 216 cm³/mol. The van der Waals surface area contributed by atoms with Gasteiger partial charge in [-0.25, -0.2) is 0 Å². The Morgan fingerprint density at radius 1 is 0.442 bits per heavy atom. The first-order valence-corrected chi connectivity index (χ1v) is 17.9. The van der Waals surface area contributed by atoms with E-state index in [1.165, 1.54) is 38.8 Å². The van der Waals surface area contributed by atoms with E-state index in [1.54, 1.807) is 0 Å². The average molecular weight is 668 g/mol. The molecule has 0 aliphatic heterocycles. The van der Waals surface area contributed by atoms with Crippen molar-refractivity contribution in [2.75, 3.05) is 4.90 Å². The second-order valence-electron chi connectivity index (χ2n) is 14.5. The zero-order valence-corrected chi connectivity index (χ0v) is 28.9. The van der Waals surface area contributed by atoms with E-state index in [0.29, 0.717) is 0 Å². The third-order valence-electron chi connectivity index (χ3n) is 11.3. The predicted octanol–water partition coefficient (Wildman–Crippen LogP) is 14.1. The molecule has 0 N–H and O–H groups in total. The van der Waals surface area contributed by atoms with E-state index < -0.39 is 0 Å². The summed E-state index contributed by atoms with van der Waals surface area (Å²) in [5.41, 5.74) is 14.4. The van der Waals surface area contributed by atoms with E-state index in [4.69, 9.17) is 8.83 Å². The fraction of sp³-hybridized carbons (Fsp3) is 0.0612. The molecule has 0 saturated heterocycles. The molecule has 1 aliphatic carbocycles. The molecule has 246 valence electrons. The Bertz CT molecular complexity index is 3050. The SMILES string of the molecule is CC1(C)c2ccccc2-c2c(-c3ccc(N(c4ccc5oc6ccccc6c5c4)c4cccc5c4oc4c6ccccc6ccc54)cc3)cccc21. The lowest BCUT2D eigenvalue weighted by atomic mass is 9.82. The van der Waals surface area contributed by atoms with E-state index >= 15 is 0 Å². The normalized spacial score (nSPS) is 13.3. The van der Waals surface area contributed by atoms with Gasteiger partial charge in [-0.05, 0) is 87.3 Å². The Labute approximate surface area is 301 Å². The van der Waals surface area contributed by atoms with Crippen LogP contribution in [0, 0.1) is 0 Å². The maximum atomic E-state index is 6.90. The topological polar surface area (TPSA) is 29.5 Å². The van der Waals surface area contributed by atoms with Crippen molar-refractivity contribution in [2.24, 2.45) is 0 Å². The molecule has 8 aromatic carbocycles. The molecule has 1 aliphatic rings. The lowest BCUT2D eigenvalue weighted by Crippen LogP contribution is -2.14. The number of para-hydroxylation sites is 2. The van der Waals surface area contributed by atoms with Crippen LogP contribution in [0.15, 0.2) is 173 Å². The minimum atomic E-state index is -0.0504. The fourth-order valence-electron chi connectivity index (χ4n) is 8.75. The fourth-order valence-corrected chi connectivity index (χ4v) is 8.75. The lowest BCUT2D eigenvalue weighted by Gasteiger charge is -2.26. The van der Waals surface area contributed by atoms with Gasteiger partial charge in [0.15, 0.2) is 5.58 Å². The van der Waals surface area contributed by atoms with Crippen LogP contribution in [0.25, 0.3) is 76.9 Å². The smallest absolute Gasteiger partial charge is 0.159 e. The summed E-state index contributed by atoms with van der Waals surface area (Å²) >= 11 is 0. The summed E-state index contributed by atoms with van der Waals surface area (Å²) in [5.74, 6) is 0. The van der Waals surface area contributed by atoms with Gasteiger partial charge in [-0.3, -0.25) is 0 Å². The molecule has 2 heterocycles. The standard InChI is InChI=1S/C49H33NO2/c1-49(2)41-17-7-5-14-39(41)46-34(15-9-18-42(46)49)31-21-24-32(25-22-31)50(33-26-28-45-40(29-33)36-13-6-8-20-44(36)51-45)43-19-10-16-37-38-27-23-30-11-3-4-12-35(30)47(38)52-48(37)43/h3-29H,1-2H3. The summed E-state index contributed by atoms with van der Waals surface area (Å²) in [7, 11) is 0. The van der Waals surface area contributed by atoms with Crippen molar-refractivity contribution in [3.8, 4) is 22.3 Å². The van der Waals surface area contributed by atoms with E-state index in [2.05, 4.69) is 170 Å². The zero-order valence-electron chi connectivity index (χ0n) is 28.9. The molecule has 0 unspecified atom stereocenters. The Hall–Kier alpha value is -6.58. The van der Waals surface area contributed by atoms with Crippen LogP contribution in [-0.4, -0.2) is 0 Å². The molecule has 0 fully saturated rings. The second kappa shape index (κ2) is 10.7. The first-order chi connectivity index (χ1) is 25.5. The van der Waals surface area contributed by atoms with Crippen molar-refractivity contribution >= 4 is 71.7 Å². The number of hydrogen-bond acceptors (Lipinski definition) is 3. The summed E-state index contributed by atoms with van der Waals surface area (Å²) in [5, 5.41) is 6.67. The van der Waals surface area contributed by atoms with Gasteiger partial charge in [0.05, 0.1) is 5.69 Å². The summed E-state index contributed by atoms with van der Waals surface area (Å²) in [6.45, 7) is 4.67. The Morgan fingerprint density at radius 2 is 1.12 bits per heavy atom. The number of rotatable bonds is 4. The van der Waals surface area contributed by atoms with E-state index in [-0.39, 0.29) is 5.41 Å². The third-order valence-corrected chi connectivity index (χ3v) is 11.3. The molecule has 3 nitrogen and oxygen atoms in total. The molecule has 0 saturated carbocycles. The van der Waals surface area contributed by atoms with Gasteiger partial charge in [-0.1, -0.05) is 129 Å². The summed E-state index contributed by atoms with van der Waals surface area (Å²) in [4.78, 5) is 2.33. The highest BCUT2D eigenvalue weighted by Crippen LogP contribution is 2.52. The molecule has 11 rings (SSSR count). The summed E-state index contributed by atoms with van der Waals surface area (Å²) < 4.78 is 13.2. The maximum absolute atomic E-state index is 6.90. The van der Waals surface area contributed by atoms with Crippen molar-refractivity contribution in [2.45, 2.75) is 19.3 Å². The first-order valence-electron chi connectivity index (χ1n) is 17.9. The van der Waals surface area contributed by atoms with Gasteiger partial charge in [0.25, 0.3) is 0 Å². The molecule has 2 aromatic heterocycles. The Kier molecular flexibility index (Phi) is 6.01. The van der Waals surface area contributed by atoms with Crippen molar-refractivity contribution in [1.82, 2.24) is 0 Å². The van der Waals surface area contributed by atoms with Crippen LogP contribution < -0.4 is 4.90 Å². The van der Waals surface area contributed by atoms with E-state index in [9.17, 15) is 0 Å². The van der Waals surface area contributed by atoms with Crippen LogP contribution in [-0.2, 0) is 5.41 Å². The van der Waals surface area contributed by atoms with Crippen LogP contribution >= 0.6 is 0 Å². The van der Waals surface area contributed by atoms with E-state index in [0.717, 1.165) is 66.3 Å². The van der Waals surface area contributed by atoms with Gasteiger partial charge in [0, 0.05) is 43.7 Å². The highest BCUT2D eigenvalue weighted by atomic mass is 16.3. The first kappa shape index (κ1) is 29.2. The van der Waals surface area contributed by atoms with E-state index in [1.807, 2.05) is 12.1 Å². The highest BCUT2D eigenvalue weighted by Gasteiger charge is 2.36. The lowest BCUT2D eigenvalue weighted by molar-refractivity contribution is 0.660. The van der Waals surface area contributed by atoms with Crippen LogP contribution in [0.4, 0.5) is 17.1 Å². The molecule has 3 heteroatoms. The highest BCUT2D eigenvalue weighted by molar-refractivity contribution is 6.18. The average Bonchev–Trinajstić information content (AvgIpc) is 3.84. The minimum absolute atomic E-state index is 0.0504. The molecular formula is C49H33NO2. The molecule has 52 heavy (non-hydrogen) atoms. The van der Waals surface area contributed by atoms with Gasteiger partial charge >= 0.3 is 0 Å². The number of furan rings is 2. The summed E-state index contributed by atoms with van der Waals surface area (Å²) in [6.07, 6.45) is 0. The Balaban J connectivity index is 1.12. The molecule has 0 atom stereocenters. The number of nitrogens with zero attached hydrogens (tertiary/aromatic N) is 1. The quantitative estimate of drug-likeness (QED) is 0.187. The maximum Gasteiger partial charge on any atom is 0.159 e. The molecule has 0 bridgehead atoms. The van der Waals surface area contributed by atoms with Crippen molar-refractivity contribution in [3.05, 3.63) is 175 Å². The van der Waals surface area contributed by atoms with Crippen LogP contribution in [0.3, 0.4) is 0 Å². The molecule has 0 spiro atoms. The Morgan fingerprint density at radius 3 is 2.02 bits per heavy atom. The number of anilines is 3. The van der Waals surface area contributed by atoms with Crippen LogP contribution in [0.2, 0.25) is 0 Å². The summed E-state index contributed by atoms with van der Waals surface area (Å²) in [6, 6.07) is 58.7. The van der Waals surface area contributed by atoms with Crippen molar-refractivity contribution < 1.29 is 8.83 Å². The van der Waals surface area contributed by atoms with Crippen molar-refractivity contribution in [3.63, 3.8) is 0 Å². The van der Waals surface area contributed by atoms with Gasteiger partial charge in [0.1, 0.15) is 16.7 Å². The number of benzene rings is 8. The molecular weight excluding hydrogens is 635 g/mol. The number of fused-ring (bicyclic) bond motifs is 11. The third kappa shape index (κ3) is 4.08. The van der Waals surface area contributed by atoms with Crippen molar-refractivity contribution in [1.29, 1.82) is 0 Å². The monoisotopic (exact) mass is 667 g/mol. The largest absolute Gasteiger partial charge is 0.456 e. The van der Waals surface area contributed by atoms with Gasteiger partial charge in [0.2, 0.25) is 0 Å². The van der Waals surface area contributed by atoms with Gasteiger partial charge in [-0.15, -0.1) is 0 Å². The van der Waals surface area contributed by atoms with Gasteiger partial charge < -0.3 is 13.7 Å². The minimum Gasteiger partial charge on any atom is -0.456 e. The van der Waals surface area contributed by atoms with Gasteiger partial charge in [-0.2, -0.15) is 0 Å². The second-order valence-corrected chi connectivity index (χ2v) is 14.5. The molecule has 0 amide bonds. The zero-order chi connectivity index (χ0) is 34.6. The molecule has 0 radical (unpaired) electrons. The number of hydrogen-bond donors (Lipinski definition) is 0. The van der Waals surface area contributed by atoms with Crippen LogP contribution in [0.5, 0.6) is 0 Å².